The van der Waals surface area contributed by atoms with Gasteiger partial charge in [-0.25, -0.2) is 9.97 Å². The second kappa shape index (κ2) is 7.72. The molecule has 30 heavy (non-hydrogen) atoms. The highest BCUT2D eigenvalue weighted by Gasteiger charge is 2.39. The van der Waals surface area contributed by atoms with Crippen LogP contribution in [0.2, 0.25) is 5.15 Å². The minimum atomic E-state index is -0.285. The Morgan fingerprint density at radius 1 is 1.07 bits per heavy atom. The highest BCUT2D eigenvalue weighted by atomic mass is 35.5. The van der Waals surface area contributed by atoms with Crippen molar-refractivity contribution in [2.24, 2.45) is 5.41 Å². The Kier molecular flexibility index (Phi) is 4.90. The van der Waals surface area contributed by atoms with Crippen LogP contribution < -0.4 is 4.74 Å². The molecule has 1 fully saturated rings. The molecule has 1 aliphatic heterocycles. The van der Waals surface area contributed by atoms with E-state index in [0.717, 1.165) is 33.6 Å². The molecule has 2 aromatic carbocycles. The molecule has 2 aromatic heterocycles. The summed E-state index contributed by atoms with van der Waals surface area (Å²) in [6, 6.07) is 17.8. The van der Waals surface area contributed by atoms with Crippen LogP contribution in [-0.2, 0) is 4.74 Å². The van der Waals surface area contributed by atoms with Crippen molar-refractivity contribution in [3.63, 3.8) is 0 Å². The van der Waals surface area contributed by atoms with Crippen molar-refractivity contribution >= 4 is 22.6 Å². The number of nitrogens with zero attached hydrogens (tertiary/aromatic N) is 3. The molecule has 3 heterocycles. The molecule has 6 nitrogen and oxygen atoms in total. The Bertz CT molecular complexity index is 1170. The van der Waals surface area contributed by atoms with Crippen molar-refractivity contribution in [1.29, 1.82) is 0 Å². The van der Waals surface area contributed by atoms with E-state index in [1.807, 2.05) is 65.4 Å². The number of halogens is 1. The minimum absolute atomic E-state index is 0.0581. The third-order valence-electron chi connectivity index (χ3n) is 5.43. The van der Waals surface area contributed by atoms with Crippen LogP contribution in [0.1, 0.15) is 0 Å². The van der Waals surface area contributed by atoms with Crippen LogP contribution in [0.25, 0.3) is 27.8 Å². The van der Waals surface area contributed by atoms with Crippen molar-refractivity contribution < 1.29 is 14.6 Å². The molecule has 152 valence electrons. The van der Waals surface area contributed by atoms with Crippen molar-refractivity contribution in [2.45, 2.75) is 0 Å². The fraction of sp³-hybridized carbons (Fsp3) is 0.217. The molecule has 0 spiro atoms. The highest BCUT2D eigenvalue weighted by molar-refractivity contribution is 6.35. The first kappa shape index (κ1) is 19.1. The maximum Gasteiger partial charge on any atom is 0.150 e. The molecule has 0 atom stereocenters. The molecule has 1 saturated heterocycles. The first-order valence-corrected chi connectivity index (χ1v) is 10.1. The van der Waals surface area contributed by atoms with Gasteiger partial charge in [0.15, 0.2) is 0 Å². The molecule has 0 amide bonds. The van der Waals surface area contributed by atoms with Gasteiger partial charge in [-0.05, 0) is 29.8 Å². The van der Waals surface area contributed by atoms with E-state index in [4.69, 9.17) is 21.1 Å². The predicted molar refractivity (Wildman–Crippen MR) is 115 cm³/mol. The van der Waals surface area contributed by atoms with Crippen LogP contribution in [0.5, 0.6) is 5.75 Å². The molecular weight excluding hydrogens is 402 g/mol. The van der Waals surface area contributed by atoms with Crippen LogP contribution in [-0.4, -0.2) is 46.1 Å². The number of benzene rings is 2. The topological polar surface area (TPSA) is 69.4 Å². The number of rotatable bonds is 6. The summed E-state index contributed by atoms with van der Waals surface area (Å²) in [5, 5.41) is 10.8. The molecule has 1 aliphatic rings. The average molecular weight is 422 g/mol. The van der Waals surface area contributed by atoms with Crippen LogP contribution >= 0.6 is 11.6 Å². The smallest absolute Gasteiger partial charge is 0.150 e. The number of aliphatic hydroxyl groups is 1. The summed E-state index contributed by atoms with van der Waals surface area (Å²) in [7, 11) is 0. The number of fused-ring (bicyclic) bond motifs is 1. The van der Waals surface area contributed by atoms with Gasteiger partial charge in [0.2, 0.25) is 0 Å². The van der Waals surface area contributed by atoms with Crippen molar-refractivity contribution in [3.05, 3.63) is 72.3 Å². The lowest BCUT2D eigenvalue weighted by atomic mass is 9.88. The lowest BCUT2D eigenvalue weighted by Crippen LogP contribution is -2.49. The van der Waals surface area contributed by atoms with Gasteiger partial charge >= 0.3 is 0 Å². The van der Waals surface area contributed by atoms with Crippen molar-refractivity contribution in [2.75, 3.05) is 26.4 Å². The Morgan fingerprint density at radius 2 is 1.83 bits per heavy atom. The van der Waals surface area contributed by atoms with Crippen molar-refractivity contribution in [3.8, 4) is 22.6 Å². The van der Waals surface area contributed by atoms with E-state index < -0.39 is 0 Å². The van der Waals surface area contributed by atoms with Crippen molar-refractivity contribution in [1.82, 2.24) is 14.5 Å². The summed E-state index contributed by atoms with van der Waals surface area (Å²) >= 11 is 6.46. The monoisotopic (exact) mass is 421 g/mol. The van der Waals surface area contributed by atoms with Gasteiger partial charge in [0.1, 0.15) is 29.5 Å². The Balaban J connectivity index is 1.49. The third-order valence-corrected chi connectivity index (χ3v) is 5.72. The highest BCUT2D eigenvalue weighted by Crippen LogP contribution is 2.36. The molecule has 0 saturated carbocycles. The van der Waals surface area contributed by atoms with E-state index in [9.17, 15) is 5.11 Å². The Hall–Kier alpha value is -2.93. The Labute approximate surface area is 178 Å². The normalized spacial score (nSPS) is 15.1. The summed E-state index contributed by atoms with van der Waals surface area (Å²) in [5.74, 6) is 0.743. The maximum absolute atomic E-state index is 9.54. The van der Waals surface area contributed by atoms with Gasteiger partial charge in [-0.1, -0.05) is 41.9 Å². The van der Waals surface area contributed by atoms with Gasteiger partial charge in [-0.3, -0.25) is 0 Å². The number of aromatic nitrogens is 3. The van der Waals surface area contributed by atoms with Gasteiger partial charge < -0.3 is 19.1 Å². The predicted octanol–water partition coefficient (Wildman–Crippen LogP) is 4.13. The second-order valence-corrected chi connectivity index (χ2v) is 7.93. The molecule has 0 unspecified atom stereocenters. The lowest BCUT2D eigenvalue weighted by Gasteiger charge is -2.39. The molecule has 0 radical (unpaired) electrons. The summed E-state index contributed by atoms with van der Waals surface area (Å²) in [4.78, 5) is 8.65. The molecule has 0 bridgehead atoms. The molecule has 0 aliphatic carbocycles. The molecule has 7 heteroatoms. The first-order chi connectivity index (χ1) is 14.7. The number of hydrogen-bond acceptors (Lipinski definition) is 5. The fourth-order valence-corrected chi connectivity index (χ4v) is 3.84. The molecule has 5 rings (SSSR count). The second-order valence-electron chi connectivity index (χ2n) is 7.58. The summed E-state index contributed by atoms with van der Waals surface area (Å²) in [6.07, 6.45) is 3.51. The zero-order chi connectivity index (χ0) is 20.6. The zero-order valence-electron chi connectivity index (χ0n) is 16.2. The summed E-state index contributed by atoms with van der Waals surface area (Å²) in [6.45, 7) is 1.54. The summed E-state index contributed by atoms with van der Waals surface area (Å²) < 4.78 is 13.1. The fourth-order valence-electron chi connectivity index (χ4n) is 3.61. The van der Waals surface area contributed by atoms with Gasteiger partial charge in [-0.2, -0.15) is 0 Å². The number of aliphatic hydroxyl groups excluding tert-OH is 1. The van der Waals surface area contributed by atoms with E-state index in [1.54, 1.807) is 0 Å². The number of ether oxygens (including phenoxy) is 2. The number of para-hydroxylation sites is 1. The molecular formula is C23H20ClN3O3. The SMILES string of the molecule is OCC1(COc2ccc(-c3cn(-c4ccccc4)c4ncnc(Cl)c34)cc2)COC1. The molecule has 4 aromatic rings. The maximum atomic E-state index is 9.54. The van der Waals surface area contributed by atoms with E-state index in [0.29, 0.717) is 25.0 Å². The van der Waals surface area contributed by atoms with Crippen LogP contribution in [0.4, 0.5) is 0 Å². The summed E-state index contributed by atoms with van der Waals surface area (Å²) in [5.41, 5.74) is 3.41. The average Bonchev–Trinajstić information content (AvgIpc) is 3.15. The lowest BCUT2D eigenvalue weighted by molar-refractivity contribution is -0.153. The van der Waals surface area contributed by atoms with Gasteiger partial charge in [0.05, 0.1) is 30.6 Å². The minimum Gasteiger partial charge on any atom is -0.493 e. The standard InChI is InChI=1S/C23H20ClN3O3/c24-21-20-19(10-27(22(20)26-15-25-21)17-4-2-1-3-5-17)16-6-8-18(9-7-16)30-14-23(11-28)12-29-13-23/h1-10,15,28H,11-14H2. The quantitative estimate of drug-likeness (QED) is 0.474. The third kappa shape index (κ3) is 3.33. The van der Waals surface area contributed by atoms with E-state index in [1.165, 1.54) is 6.33 Å². The number of hydrogen-bond donors (Lipinski definition) is 1. The van der Waals surface area contributed by atoms with Crippen LogP contribution in [0.15, 0.2) is 67.1 Å². The Morgan fingerprint density at radius 3 is 2.50 bits per heavy atom. The van der Waals surface area contributed by atoms with E-state index in [-0.39, 0.29) is 12.0 Å². The zero-order valence-corrected chi connectivity index (χ0v) is 16.9. The van der Waals surface area contributed by atoms with Crippen LogP contribution in [0, 0.1) is 5.41 Å². The first-order valence-electron chi connectivity index (χ1n) is 9.68. The van der Waals surface area contributed by atoms with E-state index >= 15 is 0 Å². The largest absolute Gasteiger partial charge is 0.493 e. The van der Waals surface area contributed by atoms with Gasteiger partial charge in [-0.15, -0.1) is 0 Å². The molecule has 1 N–H and O–H groups in total. The van der Waals surface area contributed by atoms with E-state index in [2.05, 4.69) is 9.97 Å². The van der Waals surface area contributed by atoms with Gasteiger partial charge in [0.25, 0.3) is 0 Å². The van der Waals surface area contributed by atoms with Gasteiger partial charge in [0, 0.05) is 17.4 Å². The van der Waals surface area contributed by atoms with Crippen LogP contribution in [0.3, 0.4) is 0 Å².